The van der Waals surface area contributed by atoms with Gasteiger partial charge in [-0.15, -0.1) is 0 Å². The average Bonchev–Trinajstić information content (AvgIpc) is 2.96. The molecule has 0 heterocycles. The van der Waals surface area contributed by atoms with Crippen LogP contribution in [0.4, 0.5) is 0 Å². The van der Waals surface area contributed by atoms with Crippen molar-refractivity contribution in [1.29, 1.82) is 0 Å². The van der Waals surface area contributed by atoms with Crippen LogP contribution in [-0.4, -0.2) is 29.4 Å². The molecule has 0 aromatic carbocycles. The van der Waals surface area contributed by atoms with Crippen molar-refractivity contribution in [3.63, 3.8) is 0 Å². The van der Waals surface area contributed by atoms with Crippen LogP contribution in [0.2, 0.25) is 0 Å². The molecule has 0 unspecified atom stereocenters. The first-order valence-electron chi connectivity index (χ1n) is 6.40. The van der Waals surface area contributed by atoms with Crippen molar-refractivity contribution in [3.8, 4) is 0 Å². The predicted octanol–water partition coefficient (Wildman–Crippen LogP) is 1.90. The van der Waals surface area contributed by atoms with E-state index in [0.717, 1.165) is 25.7 Å². The minimum atomic E-state index is -0.498. The standard InChI is InChI=1S/C13H24N2O/c1-12(2)6-4-10(5-7-12)15(3)11(16)13(14)8-9-13/h10H,4-9,14H2,1-3H3. The predicted molar refractivity (Wildman–Crippen MR) is 65.0 cm³/mol. The Labute approximate surface area is 98.4 Å². The number of hydrogen-bond acceptors (Lipinski definition) is 2. The maximum Gasteiger partial charge on any atom is 0.242 e. The molecule has 2 rings (SSSR count). The minimum Gasteiger partial charge on any atom is -0.341 e. The topological polar surface area (TPSA) is 46.3 Å². The molecule has 0 aromatic rings. The van der Waals surface area contributed by atoms with Crippen LogP contribution in [0.1, 0.15) is 52.4 Å². The third kappa shape index (κ3) is 2.24. The van der Waals surface area contributed by atoms with Crippen molar-refractivity contribution in [3.05, 3.63) is 0 Å². The maximum absolute atomic E-state index is 12.1. The van der Waals surface area contributed by atoms with Gasteiger partial charge in [0.05, 0.1) is 5.54 Å². The molecule has 0 bridgehead atoms. The highest BCUT2D eigenvalue weighted by molar-refractivity contribution is 5.89. The summed E-state index contributed by atoms with van der Waals surface area (Å²) in [4.78, 5) is 14.0. The van der Waals surface area contributed by atoms with Crippen molar-refractivity contribution in [2.45, 2.75) is 64.0 Å². The first-order valence-corrected chi connectivity index (χ1v) is 6.40. The monoisotopic (exact) mass is 224 g/mol. The smallest absolute Gasteiger partial charge is 0.242 e. The van der Waals surface area contributed by atoms with E-state index >= 15 is 0 Å². The van der Waals surface area contributed by atoms with Gasteiger partial charge in [0.25, 0.3) is 0 Å². The zero-order chi connectivity index (χ0) is 12.0. The van der Waals surface area contributed by atoms with E-state index < -0.39 is 5.54 Å². The van der Waals surface area contributed by atoms with E-state index in [1.807, 2.05) is 11.9 Å². The molecule has 2 N–H and O–H groups in total. The molecule has 0 spiro atoms. The second-order valence-corrected chi connectivity index (χ2v) is 6.47. The molecule has 0 radical (unpaired) electrons. The Morgan fingerprint density at radius 2 is 1.69 bits per heavy atom. The zero-order valence-corrected chi connectivity index (χ0v) is 10.8. The van der Waals surface area contributed by atoms with Gasteiger partial charge in [-0.1, -0.05) is 13.8 Å². The molecule has 2 fully saturated rings. The molecule has 3 nitrogen and oxygen atoms in total. The summed E-state index contributed by atoms with van der Waals surface area (Å²) in [6.45, 7) is 4.63. The number of nitrogens with zero attached hydrogens (tertiary/aromatic N) is 1. The van der Waals surface area contributed by atoms with Gasteiger partial charge in [0, 0.05) is 13.1 Å². The molecule has 16 heavy (non-hydrogen) atoms. The summed E-state index contributed by atoms with van der Waals surface area (Å²) in [5, 5.41) is 0. The summed E-state index contributed by atoms with van der Waals surface area (Å²) < 4.78 is 0. The van der Waals surface area contributed by atoms with Crippen LogP contribution in [0.15, 0.2) is 0 Å². The lowest BCUT2D eigenvalue weighted by Crippen LogP contribution is -2.49. The summed E-state index contributed by atoms with van der Waals surface area (Å²) in [5.41, 5.74) is 5.92. The second-order valence-electron chi connectivity index (χ2n) is 6.47. The molecule has 0 aromatic heterocycles. The second kappa shape index (κ2) is 3.73. The van der Waals surface area contributed by atoms with Crippen LogP contribution in [0.25, 0.3) is 0 Å². The highest BCUT2D eigenvalue weighted by Gasteiger charge is 2.48. The van der Waals surface area contributed by atoms with E-state index in [2.05, 4.69) is 13.8 Å². The number of likely N-dealkylation sites (N-methyl/N-ethyl adjacent to an activating group) is 1. The summed E-state index contributed by atoms with van der Waals surface area (Å²) in [5.74, 6) is 0.164. The summed E-state index contributed by atoms with van der Waals surface area (Å²) >= 11 is 0. The first-order chi connectivity index (χ1) is 7.34. The Morgan fingerprint density at radius 1 is 1.19 bits per heavy atom. The third-order valence-corrected chi connectivity index (χ3v) is 4.39. The van der Waals surface area contributed by atoms with Crippen molar-refractivity contribution in [1.82, 2.24) is 4.90 Å². The number of amides is 1. The van der Waals surface area contributed by atoms with E-state index in [1.54, 1.807) is 0 Å². The van der Waals surface area contributed by atoms with Gasteiger partial charge in [-0.2, -0.15) is 0 Å². The van der Waals surface area contributed by atoms with E-state index in [1.165, 1.54) is 12.8 Å². The van der Waals surface area contributed by atoms with E-state index in [9.17, 15) is 4.79 Å². The van der Waals surface area contributed by atoms with Crippen molar-refractivity contribution >= 4 is 5.91 Å². The molecular weight excluding hydrogens is 200 g/mol. The first kappa shape index (κ1) is 11.9. The van der Waals surface area contributed by atoms with Crippen molar-refractivity contribution in [2.24, 2.45) is 11.1 Å². The molecule has 0 atom stereocenters. The third-order valence-electron chi connectivity index (χ3n) is 4.39. The fraction of sp³-hybridized carbons (Fsp3) is 0.923. The number of nitrogens with two attached hydrogens (primary N) is 1. The fourth-order valence-corrected chi connectivity index (χ4v) is 2.64. The maximum atomic E-state index is 12.1. The van der Waals surface area contributed by atoms with Gasteiger partial charge in [-0.05, 0) is 43.9 Å². The Morgan fingerprint density at radius 3 is 2.12 bits per heavy atom. The van der Waals surface area contributed by atoms with E-state index in [0.29, 0.717) is 11.5 Å². The SMILES string of the molecule is CN(C(=O)C1(N)CC1)C1CCC(C)(C)CC1. The number of hydrogen-bond donors (Lipinski definition) is 1. The molecular formula is C13H24N2O. The summed E-state index contributed by atoms with van der Waals surface area (Å²) in [7, 11) is 1.93. The van der Waals surface area contributed by atoms with Crippen LogP contribution in [0.5, 0.6) is 0 Å². The van der Waals surface area contributed by atoms with Crippen LogP contribution < -0.4 is 5.73 Å². The molecule has 2 aliphatic rings. The normalized spacial score (nSPS) is 27.5. The Hall–Kier alpha value is -0.570. The lowest BCUT2D eigenvalue weighted by Gasteiger charge is -2.39. The molecule has 2 aliphatic carbocycles. The highest BCUT2D eigenvalue weighted by atomic mass is 16.2. The lowest BCUT2D eigenvalue weighted by molar-refractivity contribution is -0.135. The average molecular weight is 224 g/mol. The Bertz CT molecular complexity index is 284. The van der Waals surface area contributed by atoms with Crippen LogP contribution in [-0.2, 0) is 4.79 Å². The van der Waals surface area contributed by atoms with Crippen LogP contribution in [0, 0.1) is 5.41 Å². The zero-order valence-electron chi connectivity index (χ0n) is 10.8. The van der Waals surface area contributed by atoms with Gasteiger partial charge in [0.1, 0.15) is 0 Å². The Kier molecular flexibility index (Phi) is 2.77. The molecule has 1 amide bonds. The van der Waals surface area contributed by atoms with Gasteiger partial charge in [0.2, 0.25) is 5.91 Å². The van der Waals surface area contributed by atoms with Gasteiger partial charge >= 0.3 is 0 Å². The number of carbonyl (C=O) groups is 1. The molecule has 2 saturated carbocycles. The van der Waals surface area contributed by atoms with Crippen LogP contribution in [0.3, 0.4) is 0 Å². The van der Waals surface area contributed by atoms with Gasteiger partial charge in [-0.25, -0.2) is 0 Å². The van der Waals surface area contributed by atoms with E-state index in [4.69, 9.17) is 5.73 Å². The largest absolute Gasteiger partial charge is 0.341 e. The van der Waals surface area contributed by atoms with Crippen LogP contribution >= 0.6 is 0 Å². The van der Waals surface area contributed by atoms with Crippen molar-refractivity contribution < 1.29 is 4.79 Å². The van der Waals surface area contributed by atoms with E-state index in [-0.39, 0.29) is 5.91 Å². The lowest BCUT2D eigenvalue weighted by atomic mass is 9.75. The molecule has 92 valence electrons. The summed E-state index contributed by atoms with van der Waals surface area (Å²) in [6, 6.07) is 0.418. The van der Waals surface area contributed by atoms with Crippen molar-refractivity contribution in [2.75, 3.05) is 7.05 Å². The minimum absolute atomic E-state index is 0.164. The quantitative estimate of drug-likeness (QED) is 0.778. The number of carbonyl (C=O) groups excluding carboxylic acids is 1. The summed E-state index contributed by atoms with van der Waals surface area (Å²) in [6.07, 6.45) is 6.43. The fourth-order valence-electron chi connectivity index (χ4n) is 2.64. The molecule has 0 saturated heterocycles. The van der Waals surface area contributed by atoms with Gasteiger partial charge < -0.3 is 10.6 Å². The molecule has 3 heteroatoms. The Balaban J connectivity index is 1.91. The highest BCUT2D eigenvalue weighted by Crippen LogP contribution is 2.39. The number of rotatable bonds is 2. The van der Waals surface area contributed by atoms with Gasteiger partial charge in [0.15, 0.2) is 0 Å². The van der Waals surface area contributed by atoms with Gasteiger partial charge in [-0.3, -0.25) is 4.79 Å². The molecule has 0 aliphatic heterocycles.